The molecule has 13 N–H and O–H groups in total. The van der Waals surface area contributed by atoms with E-state index in [9.17, 15) is 38.4 Å². The Hall–Kier alpha value is -4.32. The van der Waals surface area contributed by atoms with Gasteiger partial charge in [-0.25, -0.2) is 0 Å². The molecule has 22 nitrogen and oxygen atoms in total. The number of hydrogen-bond acceptors (Lipinski definition) is 15. The molecule has 0 spiro atoms. The van der Waals surface area contributed by atoms with Gasteiger partial charge in [0.2, 0.25) is 41.4 Å². The zero-order valence-electron chi connectivity index (χ0n) is 38.2. The quantitative estimate of drug-likeness (QED) is 0.0291. The molecular formula is C41H80N10O12. The van der Waals surface area contributed by atoms with Crippen LogP contribution in [0.1, 0.15) is 97.3 Å². The van der Waals surface area contributed by atoms with Crippen molar-refractivity contribution in [2.45, 2.75) is 115 Å². The summed E-state index contributed by atoms with van der Waals surface area (Å²) < 4.78 is 21.3. The van der Waals surface area contributed by atoms with E-state index in [1.54, 1.807) is 21.0 Å². The summed E-state index contributed by atoms with van der Waals surface area (Å²) in [6, 6.07) is -1.60. The van der Waals surface area contributed by atoms with E-state index in [4.69, 9.17) is 36.1 Å². The Morgan fingerprint density at radius 3 is 1.33 bits per heavy atom. The van der Waals surface area contributed by atoms with Crippen molar-refractivity contribution < 1.29 is 57.3 Å². The molecule has 0 aromatic heterocycles. The van der Waals surface area contributed by atoms with Crippen molar-refractivity contribution in [1.82, 2.24) is 37.2 Å². The maximum absolute atomic E-state index is 12.6. The number of nitrogens with two attached hydrogens (primary N) is 3. The highest BCUT2D eigenvalue weighted by atomic mass is 16.5. The fourth-order valence-electron chi connectivity index (χ4n) is 5.27. The van der Waals surface area contributed by atoms with Crippen LogP contribution in [0.15, 0.2) is 0 Å². The minimum absolute atomic E-state index is 0.0902. The van der Waals surface area contributed by atoms with Crippen LogP contribution in [0.4, 0.5) is 0 Å². The predicted octanol–water partition coefficient (Wildman–Crippen LogP) is -2.23. The van der Waals surface area contributed by atoms with Gasteiger partial charge in [-0.3, -0.25) is 33.6 Å². The molecule has 0 aromatic rings. The SMILES string of the molecule is CCC(C)=O.CN[C@@H](CCCCNC(=O)COCCOCCNC(=O)COCCOCCNC(=O)CCCC(=O)NCCCC[C@H](NC)C(=O)N[C@@H](CCCCN)C(N)=O)C(N)=O. The van der Waals surface area contributed by atoms with Gasteiger partial charge in [0, 0.05) is 45.4 Å². The summed E-state index contributed by atoms with van der Waals surface area (Å²) in [5.41, 5.74) is 16.2. The summed E-state index contributed by atoms with van der Waals surface area (Å²) in [5.74, 6) is -1.91. The number of unbranched alkanes of at least 4 members (excludes halogenated alkanes) is 3. The van der Waals surface area contributed by atoms with Gasteiger partial charge in [0.05, 0.1) is 51.7 Å². The predicted molar refractivity (Wildman–Crippen MR) is 237 cm³/mol. The molecule has 0 radical (unpaired) electrons. The second-order valence-corrected chi connectivity index (χ2v) is 14.5. The van der Waals surface area contributed by atoms with Crippen LogP contribution in [-0.2, 0) is 57.3 Å². The molecule has 22 heteroatoms. The molecule has 0 aromatic carbocycles. The second kappa shape index (κ2) is 43.0. The third-order valence-electron chi connectivity index (χ3n) is 9.10. The van der Waals surface area contributed by atoms with Gasteiger partial charge < -0.3 is 78.2 Å². The van der Waals surface area contributed by atoms with Gasteiger partial charge in [0.1, 0.15) is 25.0 Å². The van der Waals surface area contributed by atoms with E-state index in [1.807, 2.05) is 6.92 Å². The molecule has 0 rings (SSSR count). The first-order valence-electron chi connectivity index (χ1n) is 22.0. The highest BCUT2D eigenvalue weighted by molar-refractivity contribution is 5.89. The summed E-state index contributed by atoms with van der Waals surface area (Å²) in [7, 11) is 3.34. The Labute approximate surface area is 373 Å². The normalized spacial score (nSPS) is 12.1. The van der Waals surface area contributed by atoms with Crippen molar-refractivity contribution in [3.8, 4) is 0 Å². The highest BCUT2D eigenvalue weighted by Gasteiger charge is 2.23. The van der Waals surface area contributed by atoms with E-state index < -0.39 is 23.9 Å². The number of primary amides is 2. The molecule has 0 saturated heterocycles. The number of ether oxygens (including phenoxy) is 4. The number of ketones is 1. The van der Waals surface area contributed by atoms with E-state index in [0.29, 0.717) is 77.5 Å². The molecule has 7 amide bonds. The first-order chi connectivity index (χ1) is 30.2. The fraction of sp³-hybridized carbons (Fsp3) is 0.805. The van der Waals surface area contributed by atoms with Crippen LogP contribution in [0.2, 0.25) is 0 Å². The molecule has 366 valence electrons. The molecule has 0 aliphatic rings. The van der Waals surface area contributed by atoms with Gasteiger partial charge in [0.25, 0.3) is 0 Å². The molecule has 63 heavy (non-hydrogen) atoms. The monoisotopic (exact) mass is 905 g/mol. The van der Waals surface area contributed by atoms with Crippen molar-refractivity contribution in [2.24, 2.45) is 17.2 Å². The molecule has 0 fully saturated rings. The van der Waals surface area contributed by atoms with Crippen LogP contribution in [0.25, 0.3) is 0 Å². The highest BCUT2D eigenvalue weighted by Crippen LogP contribution is 2.05. The maximum atomic E-state index is 12.6. The number of nitrogens with one attached hydrogen (secondary N) is 7. The summed E-state index contributed by atoms with van der Waals surface area (Å²) in [6.45, 7) is 6.67. The van der Waals surface area contributed by atoms with Crippen molar-refractivity contribution in [1.29, 1.82) is 0 Å². The molecular weight excluding hydrogens is 825 g/mol. The van der Waals surface area contributed by atoms with Crippen LogP contribution in [-0.4, -0.2) is 165 Å². The average molecular weight is 905 g/mol. The zero-order chi connectivity index (χ0) is 47.5. The smallest absolute Gasteiger partial charge is 0.246 e. The van der Waals surface area contributed by atoms with Gasteiger partial charge in [-0.1, -0.05) is 6.92 Å². The lowest BCUT2D eigenvalue weighted by Gasteiger charge is -2.20. The van der Waals surface area contributed by atoms with E-state index in [1.165, 1.54) is 0 Å². The van der Waals surface area contributed by atoms with Crippen LogP contribution < -0.4 is 54.4 Å². The standard InChI is InChI=1S/C37H72N10O11.C4H8O/c1-41-28(35(39)52)10-4-7-17-44-33(50)26-57-24-23-56-21-19-46-34(51)27-58-25-22-55-20-18-45-32(49)14-9-13-31(48)43-16-8-5-12-30(42-2)37(54)47-29(36(40)53)11-3-6-15-38;1-3-4(2)5/h28-30,41-42H,3-27,38H2,1-2H3,(H2,39,52)(H2,40,53)(H,43,48)(H,44,50)(H,45,49)(H,46,51)(H,47,54);3H2,1-2H3/t28-,29-,30-;/m0./s1. The molecule has 0 heterocycles. The maximum Gasteiger partial charge on any atom is 0.246 e. The van der Waals surface area contributed by atoms with Crippen molar-refractivity contribution in [2.75, 3.05) is 99.7 Å². The second-order valence-electron chi connectivity index (χ2n) is 14.5. The lowest BCUT2D eigenvalue weighted by atomic mass is 10.1. The molecule has 0 saturated carbocycles. The summed E-state index contributed by atoms with van der Waals surface area (Å²) in [6.07, 6.45) is 7.25. The molecule has 0 bridgehead atoms. The Kier molecular flexibility index (Phi) is 41.4. The number of carbonyl (C=O) groups excluding carboxylic acids is 8. The van der Waals surface area contributed by atoms with E-state index in [0.717, 1.165) is 19.3 Å². The van der Waals surface area contributed by atoms with E-state index in [2.05, 4.69) is 37.2 Å². The lowest BCUT2D eigenvalue weighted by molar-refractivity contribution is -0.128. The Balaban J connectivity index is 0. The van der Waals surface area contributed by atoms with Crippen molar-refractivity contribution in [3.63, 3.8) is 0 Å². The van der Waals surface area contributed by atoms with Gasteiger partial charge in [0.15, 0.2) is 0 Å². The topological polar surface area (TPSA) is 336 Å². The number of hydrogen-bond donors (Lipinski definition) is 10. The summed E-state index contributed by atoms with van der Waals surface area (Å²) in [4.78, 5) is 93.1. The van der Waals surface area contributed by atoms with Crippen LogP contribution in [0.5, 0.6) is 0 Å². The zero-order valence-corrected chi connectivity index (χ0v) is 38.2. The molecule has 0 unspecified atom stereocenters. The number of carbonyl (C=O) groups is 8. The largest absolute Gasteiger partial charge is 0.377 e. The first-order valence-corrected chi connectivity index (χ1v) is 22.0. The lowest BCUT2D eigenvalue weighted by Crippen LogP contribution is -2.51. The summed E-state index contributed by atoms with van der Waals surface area (Å²) in [5, 5.41) is 19.5. The third-order valence-corrected chi connectivity index (χ3v) is 9.10. The number of amides is 7. The summed E-state index contributed by atoms with van der Waals surface area (Å²) >= 11 is 0. The Bertz CT molecular complexity index is 1280. The Morgan fingerprint density at radius 2 is 0.889 bits per heavy atom. The Morgan fingerprint density at radius 1 is 0.492 bits per heavy atom. The minimum Gasteiger partial charge on any atom is -0.377 e. The van der Waals surface area contributed by atoms with Gasteiger partial charge in [-0.2, -0.15) is 0 Å². The fourth-order valence-corrected chi connectivity index (χ4v) is 5.27. The van der Waals surface area contributed by atoms with Crippen LogP contribution in [0.3, 0.4) is 0 Å². The molecule has 0 aliphatic carbocycles. The van der Waals surface area contributed by atoms with Crippen LogP contribution >= 0.6 is 0 Å². The van der Waals surface area contributed by atoms with E-state index >= 15 is 0 Å². The van der Waals surface area contributed by atoms with E-state index in [-0.39, 0.29) is 114 Å². The average Bonchev–Trinajstić information content (AvgIpc) is 3.24. The molecule has 0 aliphatic heterocycles. The van der Waals surface area contributed by atoms with Crippen molar-refractivity contribution in [3.05, 3.63) is 0 Å². The van der Waals surface area contributed by atoms with Crippen LogP contribution in [0, 0.1) is 0 Å². The first kappa shape index (κ1) is 60.8. The van der Waals surface area contributed by atoms with Gasteiger partial charge in [-0.15, -0.1) is 0 Å². The minimum atomic E-state index is -0.740. The van der Waals surface area contributed by atoms with Gasteiger partial charge >= 0.3 is 0 Å². The van der Waals surface area contributed by atoms with Gasteiger partial charge in [-0.05, 0) is 91.8 Å². The number of rotatable bonds is 41. The number of likely N-dealkylation sites (N-methyl/N-ethyl adjacent to an activating group) is 2. The number of Topliss-reactive ketones (excluding diaryl/α,β-unsaturated/α-hetero) is 1. The van der Waals surface area contributed by atoms with Crippen molar-refractivity contribution >= 4 is 47.1 Å². The third kappa shape index (κ3) is 40.2. The molecule has 3 atom stereocenters.